The van der Waals surface area contributed by atoms with Crippen molar-refractivity contribution in [2.24, 2.45) is 13.0 Å². The number of ketones is 2. The van der Waals surface area contributed by atoms with Crippen LogP contribution >= 0.6 is 34.8 Å². The van der Waals surface area contributed by atoms with E-state index in [2.05, 4.69) is 6.07 Å². The Bertz CT molecular complexity index is 1070. The molecular weight excluding hydrogens is 421 g/mol. The van der Waals surface area contributed by atoms with Crippen molar-refractivity contribution in [1.82, 2.24) is 9.47 Å². The van der Waals surface area contributed by atoms with Gasteiger partial charge < -0.3 is 9.47 Å². The van der Waals surface area contributed by atoms with Gasteiger partial charge in [-0.1, -0.05) is 53.0 Å². The van der Waals surface area contributed by atoms with Gasteiger partial charge >= 0.3 is 0 Å². The number of allylic oxidation sites excluding steroid dienone is 2. The van der Waals surface area contributed by atoms with E-state index in [1.165, 1.54) is 6.20 Å². The van der Waals surface area contributed by atoms with Crippen LogP contribution in [-0.4, -0.2) is 31.9 Å². The average molecular weight is 437 g/mol. The summed E-state index contributed by atoms with van der Waals surface area (Å²) in [4.78, 5) is 27.2. The van der Waals surface area contributed by atoms with Crippen molar-refractivity contribution in [2.45, 2.75) is 10.2 Å². The molecule has 5 nitrogen and oxygen atoms in total. The Morgan fingerprint density at radius 1 is 1.18 bits per heavy atom. The van der Waals surface area contributed by atoms with Crippen LogP contribution in [0.25, 0.3) is 10.9 Å². The first-order valence-electron chi connectivity index (χ1n) is 8.38. The van der Waals surface area contributed by atoms with E-state index in [-0.39, 0.29) is 23.4 Å². The van der Waals surface area contributed by atoms with E-state index in [1.807, 2.05) is 24.3 Å². The van der Waals surface area contributed by atoms with Crippen LogP contribution in [0.5, 0.6) is 0 Å². The lowest BCUT2D eigenvalue weighted by atomic mass is 9.83. The van der Waals surface area contributed by atoms with Crippen LogP contribution in [0.15, 0.2) is 53.9 Å². The zero-order valence-corrected chi connectivity index (χ0v) is 17.4. The van der Waals surface area contributed by atoms with E-state index in [0.29, 0.717) is 5.69 Å². The van der Waals surface area contributed by atoms with Gasteiger partial charge in [0.05, 0.1) is 17.3 Å². The van der Waals surface area contributed by atoms with Crippen molar-refractivity contribution in [3.8, 4) is 6.07 Å². The van der Waals surface area contributed by atoms with E-state index < -0.39 is 15.5 Å². The predicted molar refractivity (Wildman–Crippen MR) is 110 cm³/mol. The number of para-hydroxylation sites is 1. The number of nitrogens with zero attached hydrogens (tertiary/aromatic N) is 3. The molecule has 2 heterocycles. The summed E-state index contributed by atoms with van der Waals surface area (Å²) in [6, 6.07) is 11.5. The highest BCUT2D eigenvalue weighted by atomic mass is 35.6. The van der Waals surface area contributed by atoms with Crippen molar-refractivity contribution in [1.29, 1.82) is 5.26 Å². The first kappa shape index (κ1) is 20.5. The Morgan fingerprint density at radius 3 is 2.46 bits per heavy atom. The van der Waals surface area contributed by atoms with Gasteiger partial charge in [0.1, 0.15) is 0 Å². The molecule has 1 aromatic carbocycles. The van der Waals surface area contributed by atoms with Crippen molar-refractivity contribution in [3.05, 3.63) is 59.6 Å². The minimum atomic E-state index is -2.18. The molecule has 0 aliphatic carbocycles. The largest absolute Gasteiger partial charge is 0.356 e. The molecular formula is C20H16Cl3N3O2. The molecule has 28 heavy (non-hydrogen) atoms. The normalized spacial score (nSPS) is 17.1. The second-order valence-electron chi connectivity index (χ2n) is 6.60. The SMILES string of the molecule is CN1C=C(C#N)C(CC(=O)c2cc3ccccc3n2C)C(C(=O)C(Cl)(Cl)Cl)=C1. The summed E-state index contributed by atoms with van der Waals surface area (Å²) in [6.45, 7) is 0. The maximum atomic E-state index is 13.1. The third-order valence-electron chi connectivity index (χ3n) is 4.71. The fraction of sp³-hybridized carbons (Fsp3) is 0.250. The number of hydrogen-bond acceptors (Lipinski definition) is 4. The van der Waals surface area contributed by atoms with E-state index in [1.54, 1.807) is 35.8 Å². The highest BCUT2D eigenvalue weighted by molar-refractivity contribution is 6.77. The lowest BCUT2D eigenvalue weighted by molar-refractivity contribution is -0.115. The molecule has 0 radical (unpaired) electrons. The molecule has 8 heteroatoms. The zero-order valence-electron chi connectivity index (χ0n) is 15.1. The van der Waals surface area contributed by atoms with Crippen molar-refractivity contribution in [3.63, 3.8) is 0 Å². The molecule has 2 aromatic rings. The number of fused-ring (bicyclic) bond motifs is 1. The third-order valence-corrected chi connectivity index (χ3v) is 5.23. The fourth-order valence-corrected chi connectivity index (χ4v) is 3.70. The van der Waals surface area contributed by atoms with Gasteiger partial charge in [-0.25, -0.2) is 0 Å². The van der Waals surface area contributed by atoms with Crippen LogP contribution in [0.1, 0.15) is 16.9 Å². The van der Waals surface area contributed by atoms with Crippen LogP contribution in [-0.2, 0) is 11.8 Å². The lowest BCUT2D eigenvalue weighted by Crippen LogP contribution is -2.31. The van der Waals surface area contributed by atoms with E-state index in [9.17, 15) is 14.9 Å². The number of benzene rings is 1. The van der Waals surface area contributed by atoms with Gasteiger partial charge in [-0.15, -0.1) is 0 Å². The molecule has 144 valence electrons. The Morgan fingerprint density at radius 2 is 1.86 bits per heavy atom. The average Bonchev–Trinajstić information content (AvgIpc) is 2.98. The molecule has 1 aliphatic rings. The number of carbonyl (C=O) groups is 2. The number of hydrogen-bond donors (Lipinski definition) is 0. The first-order chi connectivity index (χ1) is 13.1. The van der Waals surface area contributed by atoms with Gasteiger partial charge in [0.25, 0.3) is 3.79 Å². The summed E-state index contributed by atoms with van der Waals surface area (Å²) in [5.74, 6) is -1.74. The third kappa shape index (κ3) is 3.81. The molecule has 1 aromatic heterocycles. The van der Waals surface area contributed by atoms with Gasteiger partial charge in [0, 0.05) is 55.3 Å². The molecule has 0 fully saturated rings. The molecule has 0 spiro atoms. The van der Waals surface area contributed by atoms with Crippen molar-refractivity contribution < 1.29 is 9.59 Å². The monoisotopic (exact) mass is 435 g/mol. The van der Waals surface area contributed by atoms with E-state index in [0.717, 1.165) is 10.9 Å². The quantitative estimate of drug-likeness (QED) is 0.521. The Balaban J connectivity index is 1.99. The number of halogens is 3. The summed E-state index contributed by atoms with van der Waals surface area (Å²) in [5.41, 5.74) is 1.78. The summed E-state index contributed by atoms with van der Waals surface area (Å²) < 4.78 is -0.381. The van der Waals surface area contributed by atoms with Crippen molar-refractivity contribution in [2.75, 3.05) is 7.05 Å². The molecule has 0 saturated carbocycles. The molecule has 0 amide bonds. The molecule has 1 aliphatic heterocycles. The molecule has 1 atom stereocenters. The van der Waals surface area contributed by atoms with Crippen LogP contribution in [0, 0.1) is 17.2 Å². The van der Waals surface area contributed by atoms with Gasteiger partial charge in [0.2, 0.25) is 5.78 Å². The molecule has 1 unspecified atom stereocenters. The molecule has 0 bridgehead atoms. The molecule has 3 rings (SSSR count). The number of aromatic nitrogens is 1. The van der Waals surface area contributed by atoms with Gasteiger partial charge in [-0.2, -0.15) is 5.26 Å². The van der Waals surface area contributed by atoms with Gasteiger partial charge in [-0.05, 0) is 12.1 Å². The summed E-state index contributed by atoms with van der Waals surface area (Å²) >= 11 is 17.4. The van der Waals surface area contributed by atoms with E-state index in [4.69, 9.17) is 34.8 Å². The van der Waals surface area contributed by atoms with E-state index >= 15 is 0 Å². The molecule has 0 saturated heterocycles. The maximum Gasteiger partial charge on any atom is 0.253 e. The predicted octanol–water partition coefficient (Wildman–Crippen LogP) is 4.54. The highest BCUT2D eigenvalue weighted by Gasteiger charge is 2.40. The number of aryl methyl sites for hydroxylation is 1. The topological polar surface area (TPSA) is 66.1 Å². The number of carbonyl (C=O) groups excluding carboxylic acids is 2. The number of Topliss-reactive ketones (excluding diaryl/α,β-unsaturated/α-hetero) is 2. The maximum absolute atomic E-state index is 13.1. The smallest absolute Gasteiger partial charge is 0.253 e. The Hall–Kier alpha value is -2.26. The minimum absolute atomic E-state index is 0.0876. The zero-order chi connectivity index (χ0) is 20.6. The van der Waals surface area contributed by atoms with Gasteiger partial charge in [-0.3, -0.25) is 9.59 Å². The molecule has 0 N–H and O–H groups in total. The van der Waals surface area contributed by atoms with Crippen molar-refractivity contribution >= 4 is 57.3 Å². The van der Waals surface area contributed by atoms with Crippen LogP contribution in [0.3, 0.4) is 0 Å². The second kappa shape index (κ2) is 7.63. The Kier molecular flexibility index (Phi) is 5.58. The van der Waals surface area contributed by atoms with Gasteiger partial charge in [0.15, 0.2) is 5.78 Å². The summed E-state index contributed by atoms with van der Waals surface area (Å²) in [7, 11) is 3.46. The minimum Gasteiger partial charge on any atom is -0.356 e. The lowest BCUT2D eigenvalue weighted by Gasteiger charge is -2.27. The van der Waals surface area contributed by atoms with Crippen LogP contribution in [0.2, 0.25) is 0 Å². The van der Waals surface area contributed by atoms with Crippen LogP contribution in [0.4, 0.5) is 0 Å². The summed E-state index contributed by atoms with van der Waals surface area (Å²) in [5, 5.41) is 10.5. The highest BCUT2D eigenvalue weighted by Crippen LogP contribution is 2.38. The number of alkyl halides is 3. The van der Waals surface area contributed by atoms with Crippen LogP contribution < -0.4 is 0 Å². The standard InChI is InChI=1S/C20H16Cl3N3O2/c1-25-10-13(9-24)14(15(11-25)19(28)20(21,22)23)8-18(27)17-7-12-5-3-4-6-16(12)26(17)2/h3-7,10-11,14H,8H2,1-2H3. The first-order valence-corrected chi connectivity index (χ1v) is 9.51. The number of nitriles is 1. The fourth-order valence-electron chi connectivity index (χ4n) is 3.38. The Labute approximate surface area is 177 Å². The number of rotatable bonds is 4. The second-order valence-corrected chi connectivity index (χ2v) is 8.88. The summed E-state index contributed by atoms with van der Waals surface area (Å²) in [6.07, 6.45) is 2.97.